The number of hydrogen-bond acceptors (Lipinski definition) is 4. The molecule has 18 heavy (non-hydrogen) atoms. The highest BCUT2D eigenvalue weighted by Crippen LogP contribution is 2.31. The Morgan fingerprint density at radius 2 is 1.89 bits per heavy atom. The standard InChI is InChI=1S/C14H18O4/c1-4-6-10(15)9-12(16)11-7-5-8-13(17-2)14(11)18-3/h5,7-8H,4,6,9H2,1-3H3. The molecule has 1 aromatic rings. The van der Waals surface area contributed by atoms with Crippen LogP contribution in [0.1, 0.15) is 36.5 Å². The molecule has 0 spiro atoms. The van der Waals surface area contributed by atoms with Crippen molar-refractivity contribution in [3.05, 3.63) is 23.8 Å². The van der Waals surface area contributed by atoms with Gasteiger partial charge in [-0.3, -0.25) is 9.59 Å². The van der Waals surface area contributed by atoms with Gasteiger partial charge in [-0.05, 0) is 18.6 Å². The summed E-state index contributed by atoms with van der Waals surface area (Å²) < 4.78 is 10.3. The van der Waals surface area contributed by atoms with Crippen molar-refractivity contribution in [3.63, 3.8) is 0 Å². The van der Waals surface area contributed by atoms with Gasteiger partial charge in [0.1, 0.15) is 5.78 Å². The lowest BCUT2D eigenvalue weighted by atomic mass is 10.0. The first kappa shape index (κ1) is 14.2. The van der Waals surface area contributed by atoms with Crippen LogP contribution in [0.2, 0.25) is 0 Å². The molecular formula is C14H18O4. The van der Waals surface area contributed by atoms with E-state index in [1.54, 1.807) is 18.2 Å². The zero-order chi connectivity index (χ0) is 13.5. The molecule has 0 aliphatic rings. The second-order valence-corrected chi connectivity index (χ2v) is 3.93. The van der Waals surface area contributed by atoms with Gasteiger partial charge in [0.25, 0.3) is 0 Å². The zero-order valence-electron chi connectivity index (χ0n) is 11.0. The van der Waals surface area contributed by atoms with Gasteiger partial charge in [0.15, 0.2) is 17.3 Å². The molecule has 0 aromatic heterocycles. The van der Waals surface area contributed by atoms with Crippen molar-refractivity contribution in [2.75, 3.05) is 14.2 Å². The normalized spacial score (nSPS) is 9.94. The van der Waals surface area contributed by atoms with E-state index in [2.05, 4.69) is 0 Å². The Bertz CT molecular complexity index is 437. The fraction of sp³-hybridized carbons (Fsp3) is 0.429. The number of ketones is 2. The Balaban J connectivity index is 2.95. The van der Waals surface area contributed by atoms with Crippen LogP contribution < -0.4 is 9.47 Å². The van der Waals surface area contributed by atoms with Crippen molar-refractivity contribution in [3.8, 4) is 11.5 Å². The van der Waals surface area contributed by atoms with E-state index in [0.29, 0.717) is 23.5 Å². The van der Waals surface area contributed by atoms with Crippen LogP contribution in [0.5, 0.6) is 11.5 Å². The molecule has 0 amide bonds. The van der Waals surface area contributed by atoms with E-state index < -0.39 is 0 Å². The Kier molecular flexibility index (Phi) is 5.36. The summed E-state index contributed by atoms with van der Waals surface area (Å²) in [7, 11) is 2.98. The van der Waals surface area contributed by atoms with E-state index >= 15 is 0 Å². The van der Waals surface area contributed by atoms with Gasteiger partial charge in [-0.25, -0.2) is 0 Å². The number of carbonyl (C=O) groups excluding carboxylic acids is 2. The molecule has 4 heteroatoms. The molecule has 0 N–H and O–H groups in total. The summed E-state index contributed by atoms with van der Waals surface area (Å²) in [5.74, 6) is 0.595. The van der Waals surface area contributed by atoms with Crippen molar-refractivity contribution < 1.29 is 19.1 Å². The average molecular weight is 250 g/mol. The van der Waals surface area contributed by atoms with Gasteiger partial charge in [0.05, 0.1) is 26.2 Å². The lowest BCUT2D eigenvalue weighted by Crippen LogP contribution is -2.09. The molecule has 0 unspecified atom stereocenters. The number of hydrogen-bond donors (Lipinski definition) is 0. The van der Waals surface area contributed by atoms with Crippen molar-refractivity contribution in [1.29, 1.82) is 0 Å². The first-order valence-electron chi connectivity index (χ1n) is 5.89. The molecule has 98 valence electrons. The number of rotatable bonds is 7. The maximum absolute atomic E-state index is 12.0. The molecule has 0 aliphatic heterocycles. The van der Waals surface area contributed by atoms with Crippen LogP contribution in [-0.2, 0) is 4.79 Å². The molecule has 1 aromatic carbocycles. The highest BCUT2D eigenvalue weighted by Gasteiger charge is 2.18. The first-order valence-corrected chi connectivity index (χ1v) is 5.89. The smallest absolute Gasteiger partial charge is 0.174 e. The third-order valence-electron chi connectivity index (χ3n) is 2.59. The molecule has 0 saturated heterocycles. The Labute approximate surface area is 107 Å². The van der Waals surface area contributed by atoms with Crippen molar-refractivity contribution in [2.45, 2.75) is 26.2 Å². The van der Waals surface area contributed by atoms with Crippen LogP contribution in [-0.4, -0.2) is 25.8 Å². The van der Waals surface area contributed by atoms with E-state index in [9.17, 15) is 9.59 Å². The number of para-hydroxylation sites is 1. The SMILES string of the molecule is CCCC(=O)CC(=O)c1cccc(OC)c1OC. The highest BCUT2D eigenvalue weighted by atomic mass is 16.5. The van der Waals surface area contributed by atoms with E-state index in [1.807, 2.05) is 6.92 Å². The van der Waals surface area contributed by atoms with Crippen LogP contribution >= 0.6 is 0 Å². The quantitative estimate of drug-likeness (QED) is 0.551. The molecule has 0 heterocycles. The predicted octanol–water partition coefficient (Wildman–Crippen LogP) is 2.65. The molecule has 0 bridgehead atoms. The molecule has 1 rings (SSSR count). The van der Waals surface area contributed by atoms with E-state index in [-0.39, 0.29) is 18.0 Å². The Morgan fingerprint density at radius 3 is 2.44 bits per heavy atom. The second kappa shape index (κ2) is 6.79. The Hall–Kier alpha value is -1.84. The first-order chi connectivity index (χ1) is 8.63. The van der Waals surface area contributed by atoms with Crippen molar-refractivity contribution in [1.82, 2.24) is 0 Å². The van der Waals surface area contributed by atoms with E-state index in [1.165, 1.54) is 14.2 Å². The van der Waals surface area contributed by atoms with Gasteiger partial charge in [0, 0.05) is 6.42 Å². The minimum atomic E-state index is -0.232. The maximum Gasteiger partial charge on any atom is 0.174 e. The number of carbonyl (C=O) groups is 2. The highest BCUT2D eigenvalue weighted by molar-refractivity contribution is 6.09. The summed E-state index contributed by atoms with van der Waals surface area (Å²) in [4.78, 5) is 23.5. The van der Waals surface area contributed by atoms with Gasteiger partial charge in [-0.2, -0.15) is 0 Å². The largest absolute Gasteiger partial charge is 0.493 e. The fourth-order valence-corrected chi connectivity index (χ4v) is 1.75. The van der Waals surface area contributed by atoms with Crippen molar-refractivity contribution >= 4 is 11.6 Å². The average Bonchev–Trinajstić information content (AvgIpc) is 2.37. The summed E-state index contributed by atoms with van der Waals surface area (Å²) in [5, 5.41) is 0. The second-order valence-electron chi connectivity index (χ2n) is 3.93. The van der Waals surface area contributed by atoms with Crippen LogP contribution in [0.4, 0.5) is 0 Å². The monoisotopic (exact) mass is 250 g/mol. The summed E-state index contributed by atoms with van der Waals surface area (Å²) in [5.41, 5.74) is 0.390. The number of benzene rings is 1. The molecule has 0 saturated carbocycles. The fourth-order valence-electron chi connectivity index (χ4n) is 1.75. The molecule has 0 fully saturated rings. The maximum atomic E-state index is 12.0. The van der Waals surface area contributed by atoms with Gasteiger partial charge >= 0.3 is 0 Å². The van der Waals surface area contributed by atoms with Crippen LogP contribution in [0.15, 0.2) is 18.2 Å². The number of methoxy groups -OCH3 is 2. The van der Waals surface area contributed by atoms with Gasteiger partial charge in [-0.1, -0.05) is 13.0 Å². The number of Topliss-reactive ketones (excluding diaryl/α,β-unsaturated/α-hetero) is 2. The van der Waals surface area contributed by atoms with Crippen LogP contribution in [0.25, 0.3) is 0 Å². The molecule has 0 aliphatic carbocycles. The molecule has 0 atom stereocenters. The predicted molar refractivity (Wildman–Crippen MR) is 68.4 cm³/mol. The summed E-state index contributed by atoms with van der Waals surface area (Å²) in [6.45, 7) is 1.91. The van der Waals surface area contributed by atoms with E-state index in [4.69, 9.17) is 9.47 Å². The van der Waals surface area contributed by atoms with Gasteiger partial charge in [-0.15, -0.1) is 0 Å². The summed E-state index contributed by atoms with van der Waals surface area (Å²) in [6.07, 6.45) is 1.09. The van der Waals surface area contributed by atoms with Gasteiger partial charge < -0.3 is 9.47 Å². The minimum Gasteiger partial charge on any atom is -0.493 e. The number of ether oxygens (including phenoxy) is 2. The lowest BCUT2D eigenvalue weighted by Gasteiger charge is -2.11. The van der Waals surface area contributed by atoms with Crippen LogP contribution in [0, 0.1) is 0 Å². The zero-order valence-corrected chi connectivity index (χ0v) is 11.0. The minimum absolute atomic E-state index is 0.0487. The molecule has 0 radical (unpaired) electrons. The molecular weight excluding hydrogens is 232 g/mol. The molecule has 4 nitrogen and oxygen atoms in total. The third kappa shape index (κ3) is 3.32. The van der Waals surface area contributed by atoms with Gasteiger partial charge in [0.2, 0.25) is 0 Å². The van der Waals surface area contributed by atoms with E-state index in [0.717, 1.165) is 6.42 Å². The lowest BCUT2D eigenvalue weighted by molar-refractivity contribution is -0.118. The Morgan fingerprint density at radius 1 is 1.17 bits per heavy atom. The van der Waals surface area contributed by atoms with Crippen molar-refractivity contribution in [2.24, 2.45) is 0 Å². The summed E-state index contributed by atoms with van der Waals surface area (Å²) >= 11 is 0. The van der Waals surface area contributed by atoms with Crippen LogP contribution in [0.3, 0.4) is 0 Å². The topological polar surface area (TPSA) is 52.6 Å². The summed E-state index contributed by atoms with van der Waals surface area (Å²) in [6, 6.07) is 5.06. The third-order valence-corrected chi connectivity index (χ3v) is 2.59.